The van der Waals surface area contributed by atoms with E-state index in [0.29, 0.717) is 5.82 Å². The van der Waals surface area contributed by atoms with Gasteiger partial charge < -0.3 is 30.7 Å². The molecule has 0 bridgehead atoms. The number of hydrogen-bond donors (Lipinski definition) is 4. The number of aromatic nitrogens is 3. The molecule has 0 radical (unpaired) electrons. The van der Waals surface area contributed by atoms with Crippen molar-refractivity contribution in [3.63, 3.8) is 0 Å². The third-order valence-electron chi connectivity index (χ3n) is 5.66. The van der Waals surface area contributed by atoms with Gasteiger partial charge in [-0.15, -0.1) is 0 Å². The number of nitrogens with zero attached hydrogens (tertiary/aromatic N) is 2. The predicted octanol–water partition coefficient (Wildman–Crippen LogP) is 2.85. The van der Waals surface area contributed by atoms with Crippen LogP contribution >= 0.6 is 0 Å². The molecule has 0 saturated heterocycles. The Morgan fingerprint density at radius 2 is 1.97 bits per heavy atom. The lowest BCUT2D eigenvalue weighted by Crippen LogP contribution is -2.44. The van der Waals surface area contributed by atoms with E-state index in [2.05, 4.69) is 47.2 Å². The van der Waals surface area contributed by atoms with Crippen LogP contribution in [0.1, 0.15) is 45.0 Å². The zero-order valence-corrected chi connectivity index (χ0v) is 22.0. The van der Waals surface area contributed by atoms with Gasteiger partial charge in [0.1, 0.15) is 17.6 Å². The molecule has 0 fully saturated rings. The molecule has 0 aliphatic carbocycles. The molecular weight excluding hydrogens is 488 g/mol. The monoisotopic (exact) mass is 522 g/mol. The number of nitrogens with one attached hydrogen (secondary N) is 3. The fourth-order valence-corrected chi connectivity index (χ4v) is 4.00. The van der Waals surface area contributed by atoms with Crippen LogP contribution in [0, 0.1) is 5.41 Å². The maximum atomic E-state index is 13.1. The SMILES string of the molecule is COC(=O)N[C@@H](CC/C=C/C(N)=O)C(=O)Nc1cccn(Cc2nc3c(CC(C)(C)C)cccc3[nH]2)c1=O. The summed E-state index contributed by atoms with van der Waals surface area (Å²) in [6, 6.07) is 8.11. The number of alkyl carbamates (subject to hydrolysis) is 1. The number of pyridine rings is 1. The van der Waals surface area contributed by atoms with Gasteiger partial charge in [-0.3, -0.25) is 14.4 Å². The molecule has 38 heavy (non-hydrogen) atoms. The molecule has 11 heteroatoms. The number of rotatable bonds is 10. The Morgan fingerprint density at radius 3 is 2.66 bits per heavy atom. The van der Waals surface area contributed by atoms with Crippen molar-refractivity contribution in [3.8, 4) is 0 Å². The molecule has 0 unspecified atom stereocenters. The van der Waals surface area contributed by atoms with E-state index < -0.39 is 29.5 Å². The number of ether oxygens (including phenoxy) is 1. The number of aromatic amines is 1. The van der Waals surface area contributed by atoms with Crippen LogP contribution in [0.25, 0.3) is 11.0 Å². The number of amides is 3. The van der Waals surface area contributed by atoms with E-state index >= 15 is 0 Å². The fraction of sp³-hybridized carbons (Fsp3) is 0.370. The summed E-state index contributed by atoms with van der Waals surface area (Å²) in [5.41, 5.74) is 7.67. The Labute approximate surface area is 220 Å². The topological polar surface area (TPSA) is 161 Å². The highest BCUT2D eigenvalue weighted by Gasteiger charge is 2.22. The maximum absolute atomic E-state index is 13.1. The summed E-state index contributed by atoms with van der Waals surface area (Å²) in [6.07, 6.45) is 4.78. The average molecular weight is 523 g/mol. The van der Waals surface area contributed by atoms with E-state index in [0.717, 1.165) is 23.0 Å². The van der Waals surface area contributed by atoms with E-state index in [1.54, 1.807) is 12.3 Å². The largest absolute Gasteiger partial charge is 0.453 e. The minimum absolute atomic E-state index is 0.0476. The van der Waals surface area contributed by atoms with Crippen molar-refractivity contribution in [2.45, 2.75) is 52.6 Å². The fourth-order valence-electron chi connectivity index (χ4n) is 4.00. The second kappa shape index (κ2) is 12.2. The van der Waals surface area contributed by atoms with Crippen LogP contribution in [-0.4, -0.2) is 45.6 Å². The van der Waals surface area contributed by atoms with Gasteiger partial charge in [-0.1, -0.05) is 39.0 Å². The third-order valence-corrected chi connectivity index (χ3v) is 5.66. The summed E-state index contributed by atoms with van der Waals surface area (Å²) in [7, 11) is 1.18. The molecule has 0 aliphatic rings. The van der Waals surface area contributed by atoms with Crippen LogP contribution in [0.3, 0.4) is 0 Å². The second-order valence-corrected chi connectivity index (χ2v) is 10.1. The normalized spacial score (nSPS) is 12.4. The van der Waals surface area contributed by atoms with Gasteiger partial charge in [0, 0.05) is 6.20 Å². The van der Waals surface area contributed by atoms with Gasteiger partial charge in [0.25, 0.3) is 5.56 Å². The highest BCUT2D eigenvalue weighted by Crippen LogP contribution is 2.25. The summed E-state index contributed by atoms with van der Waals surface area (Å²) < 4.78 is 6.04. The second-order valence-electron chi connectivity index (χ2n) is 10.1. The number of anilines is 1. The first-order valence-electron chi connectivity index (χ1n) is 12.2. The van der Waals surface area contributed by atoms with Crippen LogP contribution in [0.15, 0.2) is 53.5 Å². The lowest BCUT2D eigenvalue weighted by molar-refractivity contribution is -0.118. The van der Waals surface area contributed by atoms with Crippen molar-refractivity contribution in [3.05, 3.63) is 70.4 Å². The molecule has 0 spiro atoms. The summed E-state index contributed by atoms with van der Waals surface area (Å²) in [5, 5.41) is 5.03. The molecule has 2 aromatic heterocycles. The Morgan fingerprint density at radius 1 is 1.21 bits per heavy atom. The lowest BCUT2D eigenvalue weighted by atomic mass is 9.88. The van der Waals surface area contributed by atoms with Gasteiger partial charge in [-0.2, -0.15) is 0 Å². The number of nitrogens with two attached hydrogens (primary N) is 1. The van der Waals surface area contributed by atoms with Gasteiger partial charge in [0.2, 0.25) is 11.8 Å². The minimum atomic E-state index is -1.01. The first-order chi connectivity index (χ1) is 18.0. The van der Waals surface area contributed by atoms with Gasteiger partial charge in [0.05, 0.1) is 24.7 Å². The summed E-state index contributed by atoms with van der Waals surface area (Å²) in [6.45, 7) is 6.68. The van der Waals surface area contributed by atoms with E-state index in [-0.39, 0.29) is 30.5 Å². The summed E-state index contributed by atoms with van der Waals surface area (Å²) >= 11 is 0. The highest BCUT2D eigenvalue weighted by atomic mass is 16.5. The van der Waals surface area contributed by atoms with Crippen molar-refractivity contribution < 1.29 is 19.1 Å². The molecule has 1 atom stereocenters. The van der Waals surface area contributed by atoms with Crippen molar-refractivity contribution >= 4 is 34.6 Å². The van der Waals surface area contributed by atoms with Crippen LogP contribution < -0.4 is 21.9 Å². The smallest absolute Gasteiger partial charge is 0.407 e. The van der Waals surface area contributed by atoms with Gasteiger partial charge in [0.15, 0.2) is 0 Å². The number of para-hydroxylation sites is 1. The molecule has 0 aliphatic heterocycles. The van der Waals surface area contributed by atoms with E-state index in [1.807, 2.05) is 12.1 Å². The molecular formula is C27H34N6O5. The highest BCUT2D eigenvalue weighted by molar-refractivity contribution is 5.96. The zero-order chi connectivity index (χ0) is 27.9. The third kappa shape index (κ3) is 7.79. The van der Waals surface area contributed by atoms with E-state index in [4.69, 9.17) is 10.7 Å². The summed E-state index contributed by atoms with van der Waals surface area (Å²) in [4.78, 5) is 56.7. The predicted molar refractivity (Wildman–Crippen MR) is 145 cm³/mol. The number of allylic oxidation sites excluding steroid dienone is 1. The molecule has 3 aromatic rings. The summed E-state index contributed by atoms with van der Waals surface area (Å²) in [5.74, 6) is -0.613. The number of hydrogen-bond acceptors (Lipinski definition) is 6. The van der Waals surface area contributed by atoms with Crippen molar-refractivity contribution in [1.29, 1.82) is 0 Å². The Hall–Kier alpha value is -4.41. The van der Waals surface area contributed by atoms with Gasteiger partial charge >= 0.3 is 6.09 Å². The standard InChI is InChI=1S/C27H34N6O5/c1-27(2,3)15-17-9-7-11-18-23(17)32-22(29-18)16-33-14-8-12-20(25(33)36)30-24(35)19(31-26(37)38-4)10-5-6-13-21(28)34/h6-9,11-14,19H,5,10,15-16H2,1-4H3,(H2,28,34)(H,29,32)(H,30,35)(H,31,37)/b13-6+/t19-/m0/s1. The average Bonchev–Trinajstić information content (AvgIpc) is 3.26. The van der Waals surface area contributed by atoms with Gasteiger partial charge in [-0.05, 0) is 54.5 Å². The van der Waals surface area contributed by atoms with E-state index in [9.17, 15) is 19.2 Å². The number of carbonyl (C=O) groups excluding carboxylic acids is 3. The number of benzene rings is 1. The first kappa shape index (κ1) is 28.2. The van der Waals surface area contributed by atoms with Gasteiger partial charge in [-0.25, -0.2) is 9.78 Å². The van der Waals surface area contributed by atoms with E-state index in [1.165, 1.54) is 29.9 Å². The number of H-pyrrole nitrogens is 1. The number of methoxy groups -OCH3 is 1. The van der Waals surface area contributed by atoms with Crippen molar-refractivity contribution in [2.75, 3.05) is 12.4 Å². The Balaban J connectivity index is 1.79. The number of primary amides is 1. The molecule has 11 nitrogen and oxygen atoms in total. The van der Waals surface area contributed by atoms with Crippen LogP contribution in [0.5, 0.6) is 0 Å². The molecule has 2 heterocycles. The minimum Gasteiger partial charge on any atom is -0.453 e. The number of fused-ring (bicyclic) bond motifs is 1. The molecule has 1 aromatic carbocycles. The van der Waals surface area contributed by atoms with Crippen LogP contribution in [0.2, 0.25) is 0 Å². The zero-order valence-electron chi connectivity index (χ0n) is 22.0. The van der Waals surface area contributed by atoms with Crippen LogP contribution in [0.4, 0.5) is 10.5 Å². The molecule has 0 saturated carbocycles. The molecule has 3 amide bonds. The molecule has 3 rings (SSSR count). The first-order valence-corrected chi connectivity index (χ1v) is 12.2. The Bertz CT molecular complexity index is 1400. The molecule has 5 N–H and O–H groups in total. The van der Waals surface area contributed by atoms with Crippen molar-refractivity contribution in [1.82, 2.24) is 19.9 Å². The number of carbonyl (C=O) groups is 3. The lowest BCUT2D eigenvalue weighted by Gasteiger charge is -2.18. The number of imidazole rings is 1. The van der Waals surface area contributed by atoms with Crippen LogP contribution in [-0.2, 0) is 27.3 Å². The molecule has 202 valence electrons. The quantitative estimate of drug-likeness (QED) is 0.299. The maximum Gasteiger partial charge on any atom is 0.407 e. The van der Waals surface area contributed by atoms with Crippen molar-refractivity contribution in [2.24, 2.45) is 11.1 Å². The Kier molecular flexibility index (Phi) is 9.06.